The number of nitrogens with two attached hydrogens (primary N) is 1. The Kier molecular flexibility index (Phi) is 5.11. The molecule has 1 saturated heterocycles. The van der Waals surface area contributed by atoms with E-state index in [0.717, 1.165) is 30.5 Å². The van der Waals surface area contributed by atoms with Crippen LogP contribution in [0.4, 0.5) is 13.2 Å². The van der Waals surface area contributed by atoms with Crippen molar-refractivity contribution in [2.75, 3.05) is 13.1 Å². The Morgan fingerprint density at radius 1 is 1.27 bits per heavy atom. The molecule has 0 aliphatic carbocycles. The first-order valence-electron chi connectivity index (χ1n) is 7.48. The van der Waals surface area contributed by atoms with E-state index in [1.807, 2.05) is 0 Å². The van der Waals surface area contributed by atoms with Crippen molar-refractivity contribution in [2.24, 2.45) is 5.73 Å². The lowest BCUT2D eigenvalue weighted by Crippen LogP contribution is -2.40. The summed E-state index contributed by atoms with van der Waals surface area (Å²) in [5.41, 5.74) is 5.91. The molecule has 0 spiro atoms. The minimum atomic E-state index is -4.30. The summed E-state index contributed by atoms with van der Waals surface area (Å²) in [5, 5.41) is 0. The molecule has 2 rings (SSSR count). The smallest absolute Gasteiger partial charge is 0.343 e. The summed E-state index contributed by atoms with van der Waals surface area (Å²) < 4.78 is 37.7. The van der Waals surface area contributed by atoms with Gasteiger partial charge >= 0.3 is 6.18 Å². The number of carbonyl (C=O) groups excluding carboxylic acids is 1. The van der Waals surface area contributed by atoms with Crippen molar-refractivity contribution in [1.29, 1.82) is 0 Å². The van der Waals surface area contributed by atoms with E-state index in [9.17, 15) is 18.0 Å². The number of hydrogen-bond donors (Lipinski definition) is 1. The number of halogens is 3. The van der Waals surface area contributed by atoms with Gasteiger partial charge in [-0.15, -0.1) is 0 Å². The standard InChI is InChI=1S/C16H21F3N2O/c1-11(20)10-15(22)21-8-6-13(7-9-21)12-2-4-14(5-3-12)16(17,18)19/h2-5,11,13H,6-10,20H2,1H3. The molecule has 6 heteroatoms. The molecule has 1 fully saturated rings. The fraction of sp³-hybridized carbons (Fsp3) is 0.562. The van der Waals surface area contributed by atoms with Crippen molar-refractivity contribution in [3.05, 3.63) is 35.4 Å². The number of piperidine rings is 1. The third kappa shape index (κ3) is 4.22. The van der Waals surface area contributed by atoms with Crippen molar-refractivity contribution >= 4 is 5.91 Å². The Bertz CT molecular complexity index is 503. The highest BCUT2D eigenvalue weighted by atomic mass is 19.4. The number of carbonyl (C=O) groups is 1. The van der Waals surface area contributed by atoms with Crippen LogP contribution >= 0.6 is 0 Å². The maximum absolute atomic E-state index is 12.6. The van der Waals surface area contributed by atoms with Gasteiger partial charge in [-0.25, -0.2) is 0 Å². The van der Waals surface area contributed by atoms with E-state index in [1.54, 1.807) is 24.0 Å². The molecule has 1 aliphatic heterocycles. The van der Waals surface area contributed by atoms with Crippen LogP contribution < -0.4 is 5.73 Å². The van der Waals surface area contributed by atoms with Gasteiger partial charge in [-0.2, -0.15) is 13.2 Å². The Labute approximate surface area is 128 Å². The number of likely N-dealkylation sites (tertiary alicyclic amines) is 1. The van der Waals surface area contributed by atoms with Gasteiger partial charge in [0.25, 0.3) is 0 Å². The van der Waals surface area contributed by atoms with Crippen LogP contribution in [0.15, 0.2) is 24.3 Å². The molecule has 1 amide bonds. The zero-order valence-electron chi connectivity index (χ0n) is 12.6. The van der Waals surface area contributed by atoms with E-state index in [0.29, 0.717) is 19.5 Å². The van der Waals surface area contributed by atoms with Gasteiger partial charge in [0, 0.05) is 25.6 Å². The zero-order valence-corrected chi connectivity index (χ0v) is 12.6. The summed E-state index contributed by atoms with van der Waals surface area (Å²) in [6, 6.07) is 5.20. The average Bonchev–Trinajstić information content (AvgIpc) is 2.46. The van der Waals surface area contributed by atoms with Gasteiger partial charge in [-0.1, -0.05) is 12.1 Å². The second kappa shape index (κ2) is 6.69. The molecule has 1 aliphatic rings. The number of rotatable bonds is 3. The Hall–Kier alpha value is -1.56. The van der Waals surface area contributed by atoms with Crippen LogP contribution in [0, 0.1) is 0 Å². The quantitative estimate of drug-likeness (QED) is 0.931. The molecular formula is C16H21F3N2O. The van der Waals surface area contributed by atoms with Crippen LogP contribution in [-0.4, -0.2) is 29.9 Å². The first kappa shape index (κ1) is 16.8. The normalized spacial score (nSPS) is 18.3. The van der Waals surface area contributed by atoms with Crippen molar-refractivity contribution in [3.63, 3.8) is 0 Å². The van der Waals surface area contributed by atoms with Crippen LogP contribution in [0.3, 0.4) is 0 Å². The van der Waals surface area contributed by atoms with Crippen LogP contribution in [0.1, 0.15) is 43.2 Å². The van der Waals surface area contributed by atoms with E-state index in [1.165, 1.54) is 0 Å². The Morgan fingerprint density at radius 3 is 2.27 bits per heavy atom. The van der Waals surface area contributed by atoms with E-state index in [4.69, 9.17) is 5.73 Å². The number of amides is 1. The van der Waals surface area contributed by atoms with Crippen molar-refractivity contribution < 1.29 is 18.0 Å². The number of benzene rings is 1. The largest absolute Gasteiger partial charge is 0.416 e. The molecule has 1 aromatic carbocycles. The minimum absolute atomic E-state index is 0.0564. The average molecular weight is 314 g/mol. The van der Waals surface area contributed by atoms with Crippen LogP contribution in [0.5, 0.6) is 0 Å². The topological polar surface area (TPSA) is 46.3 Å². The number of alkyl halides is 3. The molecule has 0 saturated carbocycles. The van der Waals surface area contributed by atoms with E-state index < -0.39 is 11.7 Å². The molecule has 2 N–H and O–H groups in total. The summed E-state index contributed by atoms with van der Waals surface area (Å²) in [6.45, 7) is 3.07. The van der Waals surface area contributed by atoms with Gasteiger partial charge in [0.05, 0.1) is 5.56 Å². The minimum Gasteiger partial charge on any atom is -0.343 e. The monoisotopic (exact) mass is 314 g/mol. The van der Waals surface area contributed by atoms with Crippen molar-refractivity contribution in [1.82, 2.24) is 4.90 Å². The van der Waals surface area contributed by atoms with Gasteiger partial charge in [-0.05, 0) is 43.4 Å². The summed E-state index contributed by atoms with van der Waals surface area (Å²) in [7, 11) is 0. The highest BCUT2D eigenvalue weighted by Gasteiger charge is 2.30. The maximum atomic E-state index is 12.6. The molecule has 1 unspecified atom stereocenters. The van der Waals surface area contributed by atoms with Crippen molar-refractivity contribution in [3.8, 4) is 0 Å². The van der Waals surface area contributed by atoms with E-state index in [-0.39, 0.29) is 17.9 Å². The van der Waals surface area contributed by atoms with Crippen LogP contribution in [-0.2, 0) is 11.0 Å². The third-order valence-corrected chi connectivity index (χ3v) is 4.05. The molecule has 0 radical (unpaired) electrons. The molecule has 22 heavy (non-hydrogen) atoms. The molecule has 0 bridgehead atoms. The van der Waals surface area contributed by atoms with Gasteiger partial charge < -0.3 is 10.6 Å². The molecule has 3 nitrogen and oxygen atoms in total. The van der Waals surface area contributed by atoms with Gasteiger partial charge in [0.1, 0.15) is 0 Å². The lowest BCUT2D eigenvalue weighted by atomic mass is 9.89. The SMILES string of the molecule is CC(N)CC(=O)N1CCC(c2ccc(C(F)(F)F)cc2)CC1. The number of hydrogen-bond acceptors (Lipinski definition) is 2. The van der Waals surface area contributed by atoms with Gasteiger partial charge in [0.15, 0.2) is 0 Å². The number of nitrogens with zero attached hydrogens (tertiary/aromatic N) is 1. The fourth-order valence-corrected chi connectivity index (χ4v) is 2.81. The predicted octanol–water partition coefficient (Wildman–Crippen LogP) is 3.15. The summed E-state index contributed by atoms with van der Waals surface area (Å²) in [6.07, 6.45) is -2.41. The molecular weight excluding hydrogens is 293 g/mol. The lowest BCUT2D eigenvalue weighted by Gasteiger charge is -2.32. The lowest BCUT2D eigenvalue weighted by molar-refractivity contribution is -0.137. The summed E-state index contributed by atoms with van der Waals surface area (Å²) in [5.74, 6) is 0.266. The first-order valence-corrected chi connectivity index (χ1v) is 7.48. The van der Waals surface area contributed by atoms with Crippen molar-refractivity contribution in [2.45, 2.75) is 44.3 Å². The third-order valence-electron chi connectivity index (χ3n) is 4.05. The summed E-state index contributed by atoms with van der Waals surface area (Å²) >= 11 is 0. The molecule has 122 valence electrons. The van der Waals surface area contributed by atoms with Crippen LogP contribution in [0.2, 0.25) is 0 Å². The fourth-order valence-electron chi connectivity index (χ4n) is 2.81. The van der Waals surface area contributed by atoms with Crippen LogP contribution in [0.25, 0.3) is 0 Å². The second-order valence-electron chi connectivity index (χ2n) is 5.96. The Morgan fingerprint density at radius 2 is 1.82 bits per heavy atom. The molecule has 1 heterocycles. The van der Waals surface area contributed by atoms with E-state index in [2.05, 4.69) is 0 Å². The van der Waals surface area contributed by atoms with Gasteiger partial charge in [0.2, 0.25) is 5.91 Å². The van der Waals surface area contributed by atoms with E-state index >= 15 is 0 Å². The second-order valence-corrected chi connectivity index (χ2v) is 5.96. The maximum Gasteiger partial charge on any atom is 0.416 e. The Balaban J connectivity index is 1.93. The molecule has 1 aromatic rings. The van der Waals surface area contributed by atoms with Gasteiger partial charge in [-0.3, -0.25) is 4.79 Å². The highest BCUT2D eigenvalue weighted by molar-refractivity contribution is 5.76. The molecule has 1 atom stereocenters. The molecule has 0 aromatic heterocycles. The summed E-state index contributed by atoms with van der Waals surface area (Å²) in [4.78, 5) is 13.7. The predicted molar refractivity (Wildman–Crippen MR) is 78.3 cm³/mol. The zero-order chi connectivity index (χ0) is 16.3. The highest BCUT2D eigenvalue weighted by Crippen LogP contribution is 2.32. The first-order chi connectivity index (χ1) is 10.3.